The number of benzene rings is 2. The van der Waals surface area contributed by atoms with E-state index in [4.69, 9.17) is 23.2 Å². The lowest BCUT2D eigenvalue weighted by Gasteiger charge is -2.27. The van der Waals surface area contributed by atoms with Crippen LogP contribution in [0.4, 0.5) is 5.69 Å². The van der Waals surface area contributed by atoms with Gasteiger partial charge in [0.2, 0.25) is 5.78 Å². The molecular formula is C22H15Cl2NO3S. The highest BCUT2D eigenvalue weighted by Gasteiger charge is 2.45. The van der Waals surface area contributed by atoms with Gasteiger partial charge in [-0.25, -0.2) is 0 Å². The van der Waals surface area contributed by atoms with Gasteiger partial charge < -0.3 is 5.11 Å². The predicted octanol–water partition coefficient (Wildman–Crippen LogP) is 6.15. The summed E-state index contributed by atoms with van der Waals surface area (Å²) in [5, 5.41) is 13.1. The molecule has 2 heterocycles. The maximum absolute atomic E-state index is 13.2. The molecule has 29 heavy (non-hydrogen) atoms. The van der Waals surface area contributed by atoms with Crippen LogP contribution in [0.1, 0.15) is 26.8 Å². The Bertz CT molecular complexity index is 1150. The molecule has 1 amide bonds. The van der Waals surface area contributed by atoms with Crippen molar-refractivity contribution in [2.24, 2.45) is 0 Å². The average molecular weight is 444 g/mol. The molecule has 0 saturated carbocycles. The first-order valence-corrected chi connectivity index (χ1v) is 10.4. The highest BCUT2D eigenvalue weighted by Crippen LogP contribution is 2.43. The summed E-state index contributed by atoms with van der Waals surface area (Å²) < 4.78 is 0. The van der Waals surface area contributed by atoms with Crippen molar-refractivity contribution >= 4 is 51.9 Å². The number of carbonyl (C=O) groups is 2. The van der Waals surface area contributed by atoms with E-state index in [0.29, 0.717) is 21.2 Å². The Kier molecular flexibility index (Phi) is 5.21. The third-order valence-electron chi connectivity index (χ3n) is 4.74. The lowest BCUT2D eigenvalue weighted by atomic mass is 9.94. The van der Waals surface area contributed by atoms with E-state index in [0.717, 1.165) is 5.56 Å². The Labute approximate surface area is 181 Å². The van der Waals surface area contributed by atoms with Crippen molar-refractivity contribution in [3.05, 3.63) is 97.4 Å². The van der Waals surface area contributed by atoms with Crippen molar-refractivity contribution in [1.82, 2.24) is 0 Å². The van der Waals surface area contributed by atoms with E-state index in [9.17, 15) is 14.7 Å². The number of carbonyl (C=O) groups excluding carboxylic acids is 2. The number of ketones is 1. The van der Waals surface area contributed by atoms with E-state index in [1.54, 1.807) is 35.7 Å². The van der Waals surface area contributed by atoms with Crippen molar-refractivity contribution in [2.75, 3.05) is 4.90 Å². The molecular weight excluding hydrogens is 429 g/mol. The van der Waals surface area contributed by atoms with Crippen molar-refractivity contribution in [3.8, 4) is 0 Å². The SMILES string of the molecule is Cc1cccc(C2C(C(=O)c3cccs3)=C(O)C(=O)N2c2ccc(Cl)c(Cl)c2)c1. The number of thiophene rings is 1. The molecule has 0 spiro atoms. The van der Waals surface area contributed by atoms with Gasteiger partial charge in [-0.05, 0) is 42.1 Å². The first-order valence-electron chi connectivity index (χ1n) is 8.75. The second-order valence-corrected chi connectivity index (χ2v) is 8.42. The number of nitrogens with zero attached hydrogens (tertiary/aromatic N) is 1. The molecule has 146 valence electrons. The van der Waals surface area contributed by atoms with Gasteiger partial charge in [0, 0.05) is 5.69 Å². The van der Waals surface area contributed by atoms with Gasteiger partial charge >= 0.3 is 0 Å². The molecule has 1 aliphatic rings. The van der Waals surface area contributed by atoms with Crippen LogP contribution < -0.4 is 4.90 Å². The minimum absolute atomic E-state index is 0.0501. The summed E-state index contributed by atoms with van der Waals surface area (Å²) in [5.41, 5.74) is 2.18. The van der Waals surface area contributed by atoms with Crippen LogP contribution in [0.15, 0.2) is 71.3 Å². The number of hydrogen-bond acceptors (Lipinski definition) is 4. The summed E-state index contributed by atoms with van der Waals surface area (Å²) in [6.07, 6.45) is 0. The predicted molar refractivity (Wildman–Crippen MR) is 116 cm³/mol. The first-order chi connectivity index (χ1) is 13.9. The van der Waals surface area contributed by atoms with Gasteiger partial charge in [0.05, 0.1) is 26.5 Å². The van der Waals surface area contributed by atoms with E-state index in [2.05, 4.69) is 0 Å². The topological polar surface area (TPSA) is 57.6 Å². The normalized spacial score (nSPS) is 16.6. The molecule has 1 aromatic heterocycles. The molecule has 1 aliphatic heterocycles. The summed E-state index contributed by atoms with van der Waals surface area (Å²) in [7, 11) is 0. The summed E-state index contributed by atoms with van der Waals surface area (Å²) in [4.78, 5) is 28.1. The molecule has 3 aromatic rings. The Morgan fingerprint density at radius 2 is 1.86 bits per heavy atom. The van der Waals surface area contributed by atoms with Crippen LogP contribution in [-0.4, -0.2) is 16.8 Å². The third kappa shape index (κ3) is 3.46. The summed E-state index contributed by atoms with van der Waals surface area (Å²) in [5.74, 6) is -1.59. The van der Waals surface area contributed by atoms with Crippen LogP contribution in [0, 0.1) is 6.92 Å². The van der Waals surface area contributed by atoms with Gasteiger partial charge in [0.25, 0.3) is 5.91 Å². The smallest absolute Gasteiger partial charge is 0.294 e. The van der Waals surface area contributed by atoms with Crippen molar-refractivity contribution in [1.29, 1.82) is 0 Å². The molecule has 1 atom stereocenters. The largest absolute Gasteiger partial charge is 0.503 e. The molecule has 2 aromatic carbocycles. The van der Waals surface area contributed by atoms with Gasteiger partial charge in [-0.2, -0.15) is 0 Å². The molecule has 0 radical (unpaired) electrons. The highest BCUT2D eigenvalue weighted by molar-refractivity contribution is 7.12. The van der Waals surface area contributed by atoms with E-state index in [-0.39, 0.29) is 16.4 Å². The van der Waals surface area contributed by atoms with E-state index in [1.165, 1.54) is 16.2 Å². The molecule has 0 aliphatic carbocycles. The fourth-order valence-electron chi connectivity index (χ4n) is 3.43. The van der Waals surface area contributed by atoms with Crippen LogP contribution in [0.25, 0.3) is 0 Å². The number of Topliss-reactive ketones (excluding diaryl/α,β-unsaturated/α-hetero) is 1. The zero-order valence-corrected chi connectivity index (χ0v) is 17.6. The van der Waals surface area contributed by atoms with Crippen LogP contribution in [0.5, 0.6) is 0 Å². The minimum Gasteiger partial charge on any atom is -0.503 e. The molecule has 1 N–H and O–H groups in total. The number of hydrogen-bond donors (Lipinski definition) is 1. The monoisotopic (exact) mass is 443 g/mol. The summed E-state index contributed by atoms with van der Waals surface area (Å²) >= 11 is 13.4. The summed E-state index contributed by atoms with van der Waals surface area (Å²) in [6, 6.07) is 14.9. The van der Waals surface area contributed by atoms with Crippen LogP contribution in [0.2, 0.25) is 10.0 Å². The van der Waals surface area contributed by atoms with Crippen molar-refractivity contribution in [2.45, 2.75) is 13.0 Å². The van der Waals surface area contributed by atoms with E-state index >= 15 is 0 Å². The molecule has 1 unspecified atom stereocenters. The molecule has 4 rings (SSSR count). The number of rotatable bonds is 4. The molecule has 0 bridgehead atoms. The standard InChI is InChI=1S/C22H15Cl2NO3S/c1-12-4-2-5-13(10-12)19-18(20(26)17-6-3-9-29-17)21(27)22(28)25(19)14-7-8-15(23)16(24)11-14/h2-11,19,27H,1H3. The second kappa shape index (κ2) is 7.67. The van der Waals surface area contributed by atoms with Gasteiger partial charge in [0.15, 0.2) is 5.76 Å². The third-order valence-corrected chi connectivity index (χ3v) is 6.34. The minimum atomic E-state index is -0.783. The summed E-state index contributed by atoms with van der Waals surface area (Å²) in [6.45, 7) is 1.92. The van der Waals surface area contributed by atoms with Gasteiger partial charge in [-0.3, -0.25) is 14.5 Å². The lowest BCUT2D eigenvalue weighted by molar-refractivity contribution is -0.117. The van der Waals surface area contributed by atoms with E-state index < -0.39 is 17.7 Å². The molecule has 0 fully saturated rings. The van der Waals surface area contributed by atoms with Crippen LogP contribution in [0.3, 0.4) is 0 Å². The molecule has 4 nitrogen and oxygen atoms in total. The quantitative estimate of drug-likeness (QED) is 0.492. The molecule has 0 saturated heterocycles. The van der Waals surface area contributed by atoms with Crippen molar-refractivity contribution < 1.29 is 14.7 Å². The zero-order valence-electron chi connectivity index (χ0n) is 15.2. The van der Waals surface area contributed by atoms with Crippen molar-refractivity contribution in [3.63, 3.8) is 0 Å². The van der Waals surface area contributed by atoms with Crippen LogP contribution >= 0.6 is 34.5 Å². The Balaban J connectivity index is 1.91. The second-order valence-electron chi connectivity index (χ2n) is 6.66. The number of halogens is 2. The zero-order chi connectivity index (χ0) is 20.7. The van der Waals surface area contributed by atoms with Gasteiger partial charge in [-0.15, -0.1) is 11.3 Å². The molecule has 7 heteroatoms. The maximum Gasteiger partial charge on any atom is 0.294 e. The highest BCUT2D eigenvalue weighted by atomic mass is 35.5. The van der Waals surface area contributed by atoms with Gasteiger partial charge in [0.1, 0.15) is 0 Å². The maximum atomic E-state index is 13.2. The van der Waals surface area contributed by atoms with E-state index in [1.807, 2.05) is 31.2 Å². The number of aryl methyl sites for hydroxylation is 1. The fraction of sp³-hybridized carbons (Fsp3) is 0.0909. The Hall–Kier alpha value is -2.60. The lowest BCUT2D eigenvalue weighted by Crippen LogP contribution is -2.31. The number of amides is 1. The number of anilines is 1. The average Bonchev–Trinajstić information content (AvgIpc) is 3.32. The van der Waals surface area contributed by atoms with Gasteiger partial charge in [-0.1, -0.05) is 59.1 Å². The van der Waals surface area contributed by atoms with Crippen LogP contribution in [-0.2, 0) is 4.79 Å². The fourth-order valence-corrected chi connectivity index (χ4v) is 4.40. The number of aliphatic hydroxyl groups excluding tert-OH is 1. The first kappa shape index (κ1) is 19.7. The number of aliphatic hydroxyl groups is 1. The Morgan fingerprint density at radius 3 is 2.52 bits per heavy atom. The Morgan fingerprint density at radius 1 is 1.07 bits per heavy atom.